The number of carbonyl (C=O) groups is 1. The van der Waals surface area contributed by atoms with Gasteiger partial charge in [-0.15, -0.1) is 0 Å². The molecule has 0 aromatic heterocycles. The molecule has 1 fully saturated rings. The predicted molar refractivity (Wildman–Crippen MR) is 81.1 cm³/mol. The van der Waals surface area contributed by atoms with E-state index in [9.17, 15) is 4.79 Å². The van der Waals surface area contributed by atoms with Crippen molar-refractivity contribution in [2.24, 2.45) is 5.92 Å². The van der Waals surface area contributed by atoms with Crippen molar-refractivity contribution < 1.29 is 14.3 Å². The fourth-order valence-electron chi connectivity index (χ4n) is 2.38. The second-order valence-corrected chi connectivity index (χ2v) is 5.62. The van der Waals surface area contributed by atoms with E-state index in [2.05, 4.69) is 19.2 Å². The molecular weight excluding hydrogens is 268 g/mol. The van der Waals surface area contributed by atoms with Crippen molar-refractivity contribution in [3.05, 3.63) is 29.8 Å². The van der Waals surface area contributed by atoms with Crippen LogP contribution in [0.25, 0.3) is 0 Å². The van der Waals surface area contributed by atoms with Crippen molar-refractivity contribution in [1.29, 1.82) is 0 Å². The SMILES string of the molecule is COc1cccc(C2NCC(=O)N2CCOCC(C)C)c1. The molecule has 21 heavy (non-hydrogen) atoms. The zero-order valence-electron chi connectivity index (χ0n) is 13.0. The smallest absolute Gasteiger partial charge is 0.238 e. The van der Waals surface area contributed by atoms with Gasteiger partial charge >= 0.3 is 0 Å². The average Bonchev–Trinajstić information content (AvgIpc) is 2.84. The third kappa shape index (κ3) is 4.19. The van der Waals surface area contributed by atoms with E-state index in [1.54, 1.807) is 7.11 Å². The van der Waals surface area contributed by atoms with E-state index in [1.807, 2.05) is 29.2 Å². The summed E-state index contributed by atoms with van der Waals surface area (Å²) in [7, 11) is 1.64. The first-order valence-corrected chi connectivity index (χ1v) is 7.36. The molecule has 1 unspecified atom stereocenters. The van der Waals surface area contributed by atoms with Crippen LogP contribution in [-0.4, -0.2) is 44.2 Å². The lowest BCUT2D eigenvalue weighted by Crippen LogP contribution is -2.33. The first-order valence-electron chi connectivity index (χ1n) is 7.36. The number of amides is 1. The van der Waals surface area contributed by atoms with Crippen LogP contribution in [0, 0.1) is 5.92 Å². The minimum absolute atomic E-state index is 0.102. The highest BCUT2D eigenvalue weighted by Gasteiger charge is 2.31. The van der Waals surface area contributed by atoms with Crippen LogP contribution < -0.4 is 10.1 Å². The van der Waals surface area contributed by atoms with Crippen LogP contribution in [-0.2, 0) is 9.53 Å². The van der Waals surface area contributed by atoms with Gasteiger partial charge in [0.2, 0.25) is 5.91 Å². The normalized spacial score (nSPS) is 18.6. The minimum atomic E-state index is -0.102. The number of nitrogens with one attached hydrogen (secondary N) is 1. The van der Waals surface area contributed by atoms with E-state index >= 15 is 0 Å². The first kappa shape index (κ1) is 15.8. The van der Waals surface area contributed by atoms with E-state index in [-0.39, 0.29) is 12.1 Å². The molecule has 0 saturated carbocycles. The van der Waals surface area contributed by atoms with Gasteiger partial charge in [0.1, 0.15) is 11.9 Å². The molecule has 1 N–H and O–H groups in total. The van der Waals surface area contributed by atoms with Crippen LogP contribution in [0.15, 0.2) is 24.3 Å². The molecule has 1 heterocycles. The molecule has 0 spiro atoms. The molecule has 1 atom stereocenters. The van der Waals surface area contributed by atoms with E-state index in [0.717, 1.165) is 17.9 Å². The summed E-state index contributed by atoms with van der Waals surface area (Å²) in [5.74, 6) is 1.41. The zero-order valence-corrected chi connectivity index (χ0v) is 13.0. The molecule has 1 saturated heterocycles. The molecule has 1 aliphatic rings. The second-order valence-electron chi connectivity index (χ2n) is 5.62. The van der Waals surface area contributed by atoms with Crippen molar-refractivity contribution in [2.45, 2.75) is 20.0 Å². The van der Waals surface area contributed by atoms with Gasteiger partial charge in [0.05, 0.1) is 20.3 Å². The maximum absolute atomic E-state index is 12.0. The molecule has 0 aliphatic carbocycles. The number of methoxy groups -OCH3 is 1. The molecule has 5 heteroatoms. The van der Waals surface area contributed by atoms with Gasteiger partial charge in [-0.25, -0.2) is 0 Å². The van der Waals surface area contributed by atoms with Gasteiger partial charge in [-0.1, -0.05) is 26.0 Å². The van der Waals surface area contributed by atoms with Crippen LogP contribution in [0.5, 0.6) is 5.75 Å². The lowest BCUT2D eigenvalue weighted by atomic mass is 10.1. The summed E-state index contributed by atoms with van der Waals surface area (Å²) >= 11 is 0. The van der Waals surface area contributed by atoms with Crippen molar-refractivity contribution >= 4 is 5.91 Å². The summed E-state index contributed by atoms with van der Waals surface area (Å²) < 4.78 is 10.8. The number of rotatable bonds is 7. The topological polar surface area (TPSA) is 50.8 Å². The molecule has 1 aliphatic heterocycles. The molecule has 1 aromatic rings. The van der Waals surface area contributed by atoms with E-state index < -0.39 is 0 Å². The molecule has 1 amide bonds. The molecule has 2 rings (SSSR count). The maximum Gasteiger partial charge on any atom is 0.238 e. The second kappa shape index (κ2) is 7.43. The number of ether oxygens (including phenoxy) is 2. The Morgan fingerprint density at radius 2 is 2.24 bits per heavy atom. The van der Waals surface area contributed by atoms with Crippen LogP contribution in [0.4, 0.5) is 0 Å². The number of carbonyl (C=O) groups excluding carboxylic acids is 1. The summed E-state index contributed by atoms with van der Waals surface area (Å²) in [6.07, 6.45) is -0.102. The molecule has 116 valence electrons. The lowest BCUT2D eigenvalue weighted by molar-refractivity contribution is -0.128. The molecular formula is C16H24N2O3. The molecule has 0 bridgehead atoms. The van der Waals surface area contributed by atoms with Gasteiger partial charge < -0.3 is 14.4 Å². The Labute approximate surface area is 126 Å². The Morgan fingerprint density at radius 1 is 1.43 bits per heavy atom. The third-order valence-corrected chi connectivity index (χ3v) is 3.42. The number of hydrogen-bond donors (Lipinski definition) is 1. The standard InChI is InChI=1S/C16H24N2O3/c1-12(2)11-21-8-7-18-15(19)10-17-16(18)13-5-4-6-14(9-13)20-3/h4-6,9,12,16-17H,7-8,10-11H2,1-3H3. The minimum Gasteiger partial charge on any atom is -0.497 e. The third-order valence-electron chi connectivity index (χ3n) is 3.42. The van der Waals surface area contributed by atoms with Gasteiger partial charge in [0.25, 0.3) is 0 Å². The Balaban J connectivity index is 1.98. The van der Waals surface area contributed by atoms with Gasteiger partial charge in [0, 0.05) is 13.2 Å². The molecule has 0 radical (unpaired) electrons. The van der Waals surface area contributed by atoms with Crippen molar-refractivity contribution in [1.82, 2.24) is 10.2 Å². The van der Waals surface area contributed by atoms with Crippen LogP contribution in [0.3, 0.4) is 0 Å². The Hall–Kier alpha value is -1.59. The summed E-state index contributed by atoms with van der Waals surface area (Å²) in [6.45, 7) is 6.47. The predicted octanol–water partition coefficient (Wildman–Crippen LogP) is 1.80. The summed E-state index contributed by atoms with van der Waals surface area (Å²) in [4.78, 5) is 13.8. The fraction of sp³-hybridized carbons (Fsp3) is 0.562. The van der Waals surface area contributed by atoms with Crippen LogP contribution in [0.2, 0.25) is 0 Å². The molecule has 5 nitrogen and oxygen atoms in total. The van der Waals surface area contributed by atoms with E-state index in [4.69, 9.17) is 9.47 Å². The van der Waals surface area contributed by atoms with Crippen LogP contribution in [0.1, 0.15) is 25.6 Å². The highest BCUT2D eigenvalue weighted by atomic mass is 16.5. The summed E-state index contributed by atoms with van der Waals surface area (Å²) in [5.41, 5.74) is 1.03. The van der Waals surface area contributed by atoms with E-state index in [1.165, 1.54) is 0 Å². The van der Waals surface area contributed by atoms with Gasteiger partial charge in [-0.3, -0.25) is 10.1 Å². The zero-order chi connectivity index (χ0) is 15.2. The highest BCUT2D eigenvalue weighted by molar-refractivity contribution is 5.81. The first-order chi connectivity index (χ1) is 10.1. The average molecular weight is 292 g/mol. The number of benzene rings is 1. The quantitative estimate of drug-likeness (QED) is 0.779. The Morgan fingerprint density at radius 3 is 2.95 bits per heavy atom. The monoisotopic (exact) mass is 292 g/mol. The van der Waals surface area contributed by atoms with Gasteiger partial charge in [0.15, 0.2) is 0 Å². The molecule has 1 aromatic carbocycles. The number of hydrogen-bond acceptors (Lipinski definition) is 4. The highest BCUT2D eigenvalue weighted by Crippen LogP contribution is 2.25. The summed E-state index contributed by atoms with van der Waals surface area (Å²) in [6, 6.07) is 7.79. The van der Waals surface area contributed by atoms with E-state index in [0.29, 0.717) is 25.6 Å². The van der Waals surface area contributed by atoms with Gasteiger partial charge in [-0.2, -0.15) is 0 Å². The Kier molecular flexibility index (Phi) is 5.59. The maximum atomic E-state index is 12.0. The number of nitrogens with zero attached hydrogens (tertiary/aromatic N) is 1. The van der Waals surface area contributed by atoms with Crippen LogP contribution >= 0.6 is 0 Å². The van der Waals surface area contributed by atoms with Gasteiger partial charge in [-0.05, 0) is 23.6 Å². The van der Waals surface area contributed by atoms with Crippen molar-refractivity contribution in [3.8, 4) is 5.75 Å². The lowest BCUT2D eigenvalue weighted by Gasteiger charge is -2.25. The van der Waals surface area contributed by atoms with Crippen molar-refractivity contribution in [3.63, 3.8) is 0 Å². The Bertz CT molecular complexity index is 476. The fourth-order valence-corrected chi connectivity index (χ4v) is 2.38. The largest absolute Gasteiger partial charge is 0.497 e. The van der Waals surface area contributed by atoms with Crippen molar-refractivity contribution in [2.75, 3.05) is 33.4 Å². The summed E-state index contributed by atoms with van der Waals surface area (Å²) in [5, 5.41) is 3.24.